The summed E-state index contributed by atoms with van der Waals surface area (Å²) < 4.78 is 52.5. The second kappa shape index (κ2) is 26.0. The van der Waals surface area contributed by atoms with Crippen molar-refractivity contribution in [3.05, 3.63) is 204 Å². The normalized spacial score (nSPS) is 24.5. The first kappa shape index (κ1) is 55.7. The molecule has 0 aromatic heterocycles. The number of amides is 1. The standard InChI is InChI=1S/C58H64Cl3NO11Si/c1-57(2,3)74(44-30-18-8-19-31-44,45-32-20-9-21-33-45)73-54-48(62-56(65)58(59,60)61)52(68-36-42-26-14-6-15-27-42)51(47(71-54)39-67-35-41-24-12-5-13-25-41)72-55-53(69-37-43-28-16-7-17-29-43)50(64)49(63)46(70-55)38-66-34-40-22-10-4-11-23-40/h4-33,46-55,63-64H,34-39H2,1-3H3,(H,62,65)/t46-,47-,48-,49+,50+,51-,52-,53-,54+,55+/m1/s1. The molecule has 392 valence electrons. The van der Waals surface area contributed by atoms with Crippen LogP contribution < -0.4 is 15.7 Å². The van der Waals surface area contributed by atoms with E-state index in [9.17, 15) is 15.0 Å². The lowest BCUT2D eigenvalue weighted by atomic mass is 9.95. The largest absolute Gasteiger partial charge is 0.387 e. The van der Waals surface area contributed by atoms with Crippen LogP contribution in [-0.2, 0) is 68.8 Å². The minimum absolute atomic E-state index is 0.0196. The van der Waals surface area contributed by atoms with Crippen LogP contribution in [0.2, 0.25) is 5.04 Å². The number of carbonyl (C=O) groups is 1. The summed E-state index contributed by atoms with van der Waals surface area (Å²) in [6.07, 6.45) is -11.5. The lowest BCUT2D eigenvalue weighted by Crippen LogP contribution is -2.74. The Bertz CT molecular complexity index is 2560. The number of aliphatic hydroxyl groups excluding tert-OH is 2. The molecule has 2 fully saturated rings. The zero-order valence-corrected chi connectivity index (χ0v) is 44.8. The fourth-order valence-corrected chi connectivity index (χ4v) is 14.2. The van der Waals surface area contributed by atoms with Crippen LogP contribution in [0.1, 0.15) is 43.0 Å². The van der Waals surface area contributed by atoms with Gasteiger partial charge in [-0.2, -0.15) is 0 Å². The molecule has 0 bridgehead atoms. The highest BCUT2D eigenvalue weighted by Crippen LogP contribution is 2.41. The van der Waals surface area contributed by atoms with Gasteiger partial charge in [0.1, 0.15) is 48.8 Å². The van der Waals surface area contributed by atoms with Crippen molar-refractivity contribution in [3.8, 4) is 0 Å². The molecule has 10 atom stereocenters. The van der Waals surface area contributed by atoms with Gasteiger partial charge < -0.3 is 53.1 Å². The Morgan fingerprint density at radius 1 is 0.527 bits per heavy atom. The van der Waals surface area contributed by atoms with Crippen molar-refractivity contribution < 1.29 is 52.6 Å². The molecule has 16 heteroatoms. The van der Waals surface area contributed by atoms with E-state index in [1.54, 1.807) is 0 Å². The van der Waals surface area contributed by atoms with Gasteiger partial charge in [0.2, 0.25) is 0 Å². The summed E-state index contributed by atoms with van der Waals surface area (Å²) in [5.74, 6) is -0.967. The summed E-state index contributed by atoms with van der Waals surface area (Å²) in [6.45, 7) is 6.64. The quantitative estimate of drug-likeness (QED) is 0.0472. The maximum absolute atomic E-state index is 14.3. The Morgan fingerprint density at radius 3 is 1.35 bits per heavy atom. The number of rotatable bonds is 21. The Kier molecular flexibility index (Phi) is 19.6. The number of aliphatic hydroxyl groups is 2. The molecule has 0 radical (unpaired) electrons. The summed E-state index contributed by atoms with van der Waals surface area (Å²) >= 11 is 19.2. The number of carbonyl (C=O) groups excluding carboxylic acids is 1. The maximum Gasteiger partial charge on any atom is 0.272 e. The molecule has 6 aromatic rings. The molecule has 12 nitrogen and oxygen atoms in total. The summed E-state index contributed by atoms with van der Waals surface area (Å²) in [6, 6.07) is 56.9. The molecular formula is C58H64Cl3NO11Si. The molecule has 0 unspecified atom stereocenters. The minimum Gasteiger partial charge on any atom is -0.387 e. The van der Waals surface area contributed by atoms with Crippen LogP contribution in [0, 0.1) is 0 Å². The molecule has 2 aliphatic heterocycles. The van der Waals surface area contributed by atoms with Crippen LogP contribution in [-0.4, -0.2) is 103 Å². The first-order valence-corrected chi connectivity index (χ1v) is 27.8. The van der Waals surface area contributed by atoms with E-state index < -0.39 is 84.4 Å². The summed E-state index contributed by atoms with van der Waals surface area (Å²) in [5.41, 5.74) is 3.42. The topological polar surface area (TPSA) is 143 Å². The SMILES string of the molecule is CC(C)(C)[Si](O[C@@H]1O[C@H](COCc2ccccc2)[C@@H](O[C@@H]2O[C@H](COCc3ccccc3)[C@H](O)[C@H](O)[C@H]2OCc2ccccc2)[C@H](OCc2ccccc2)[C@H]1NC(=O)C(Cl)(Cl)Cl)(c1ccccc1)c1ccccc1. The molecule has 74 heavy (non-hydrogen) atoms. The Balaban J connectivity index is 1.24. The molecule has 0 aliphatic carbocycles. The van der Waals surface area contributed by atoms with Crippen LogP contribution in [0.5, 0.6) is 0 Å². The Labute approximate surface area is 449 Å². The Morgan fingerprint density at radius 2 is 0.919 bits per heavy atom. The number of benzene rings is 6. The highest BCUT2D eigenvalue weighted by molar-refractivity contribution is 6.99. The predicted octanol–water partition coefficient (Wildman–Crippen LogP) is 8.58. The van der Waals surface area contributed by atoms with Crippen LogP contribution >= 0.6 is 34.8 Å². The van der Waals surface area contributed by atoms with Gasteiger partial charge in [-0.1, -0.05) is 238 Å². The number of ether oxygens (including phenoxy) is 7. The molecule has 3 N–H and O–H groups in total. The molecule has 6 aromatic carbocycles. The smallest absolute Gasteiger partial charge is 0.272 e. The molecule has 2 aliphatic rings. The van der Waals surface area contributed by atoms with E-state index >= 15 is 0 Å². The lowest BCUT2D eigenvalue weighted by molar-refractivity contribution is -0.355. The third kappa shape index (κ3) is 14.1. The second-order valence-corrected chi connectivity index (χ2v) is 26.0. The monoisotopic (exact) mass is 1080 g/mol. The van der Waals surface area contributed by atoms with Gasteiger partial charge in [-0.3, -0.25) is 4.79 Å². The van der Waals surface area contributed by atoms with Crippen LogP contribution in [0.15, 0.2) is 182 Å². The van der Waals surface area contributed by atoms with E-state index in [4.69, 9.17) is 72.4 Å². The molecule has 0 spiro atoms. The Hall–Kier alpha value is -4.52. The molecular weight excluding hydrogens is 1020 g/mol. The molecule has 2 saturated heterocycles. The van der Waals surface area contributed by atoms with Gasteiger partial charge >= 0.3 is 0 Å². The van der Waals surface area contributed by atoms with Gasteiger partial charge in [-0.25, -0.2) is 0 Å². The van der Waals surface area contributed by atoms with Crippen molar-refractivity contribution in [1.29, 1.82) is 0 Å². The molecule has 1 amide bonds. The predicted molar refractivity (Wildman–Crippen MR) is 287 cm³/mol. The zero-order valence-electron chi connectivity index (χ0n) is 41.5. The van der Waals surface area contributed by atoms with Gasteiger partial charge in [-0.15, -0.1) is 0 Å². The van der Waals surface area contributed by atoms with Crippen molar-refractivity contribution in [2.24, 2.45) is 0 Å². The van der Waals surface area contributed by atoms with E-state index in [0.29, 0.717) is 0 Å². The van der Waals surface area contributed by atoms with E-state index in [-0.39, 0.29) is 39.6 Å². The van der Waals surface area contributed by atoms with Gasteiger partial charge in [0, 0.05) is 0 Å². The highest BCUT2D eigenvalue weighted by atomic mass is 35.6. The van der Waals surface area contributed by atoms with Gasteiger partial charge in [0.25, 0.3) is 18.0 Å². The second-order valence-electron chi connectivity index (χ2n) is 19.5. The number of nitrogens with one attached hydrogen (secondary N) is 1. The zero-order chi connectivity index (χ0) is 52.1. The molecule has 2 heterocycles. The minimum atomic E-state index is -3.52. The fraction of sp³-hybridized carbons (Fsp3) is 0.362. The third-order valence-corrected chi connectivity index (χ3v) is 18.7. The van der Waals surface area contributed by atoms with Crippen molar-refractivity contribution in [2.45, 2.75) is 117 Å². The molecule has 8 rings (SSSR count). The van der Waals surface area contributed by atoms with E-state index in [0.717, 1.165) is 32.6 Å². The average Bonchev–Trinajstić information content (AvgIpc) is 3.40. The number of alkyl halides is 3. The van der Waals surface area contributed by atoms with Crippen molar-refractivity contribution in [2.75, 3.05) is 13.2 Å². The van der Waals surface area contributed by atoms with E-state index in [2.05, 4.69) is 26.1 Å². The van der Waals surface area contributed by atoms with Crippen molar-refractivity contribution >= 4 is 59.4 Å². The number of hydrogen-bond acceptors (Lipinski definition) is 11. The third-order valence-electron chi connectivity index (χ3n) is 13.2. The first-order valence-electron chi connectivity index (χ1n) is 24.7. The number of halogens is 3. The fourth-order valence-electron chi connectivity index (χ4n) is 9.51. The van der Waals surface area contributed by atoms with Crippen LogP contribution in [0.3, 0.4) is 0 Å². The van der Waals surface area contributed by atoms with Crippen molar-refractivity contribution in [3.63, 3.8) is 0 Å². The molecule has 0 saturated carbocycles. The van der Waals surface area contributed by atoms with Crippen molar-refractivity contribution in [1.82, 2.24) is 5.32 Å². The first-order chi connectivity index (χ1) is 35.7. The van der Waals surface area contributed by atoms with Gasteiger partial charge in [-0.05, 0) is 37.7 Å². The highest BCUT2D eigenvalue weighted by Gasteiger charge is 2.58. The summed E-state index contributed by atoms with van der Waals surface area (Å²) in [4.78, 5) is 14.3. The summed E-state index contributed by atoms with van der Waals surface area (Å²) in [5, 5.41) is 28.1. The lowest BCUT2D eigenvalue weighted by Gasteiger charge is -2.52. The maximum atomic E-state index is 14.3. The van der Waals surface area contributed by atoms with Gasteiger partial charge in [0.05, 0.1) is 39.6 Å². The van der Waals surface area contributed by atoms with Gasteiger partial charge in [0.15, 0.2) is 12.6 Å². The summed E-state index contributed by atoms with van der Waals surface area (Å²) in [7, 11) is -3.52. The number of hydrogen-bond donors (Lipinski definition) is 3. The van der Waals surface area contributed by atoms with E-state index in [1.165, 1.54) is 0 Å². The van der Waals surface area contributed by atoms with Crippen LogP contribution in [0.4, 0.5) is 0 Å². The van der Waals surface area contributed by atoms with E-state index in [1.807, 2.05) is 182 Å². The van der Waals surface area contributed by atoms with Crippen LogP contribution in [0.25, 0.3) is 0 Å². The average molecular weight is 1090 g/mol.